The first-order valence-corrected chi connectivity index (χ1v) is 9.22. The highest BCUT2D eigenvalue weighted by Gasteiger charge is 2.46. The molecule has 1 spiro atoms. The highest BCUT2D eigenvalue weighted by Crippen LogP contribution is 2.45. The Hall–Kier alpha value is -2.04. The molecule has 5 heteroatoms. The van der Waals surface area contributed by atoms with Gasteiger partial charge >= 0.3 is 12.1 Å². The smallest absolute Gasteiger partial charge is 0.410 e. The fourth-order valence-electron chi connectivity index (χ4n) is 4.25. The van der Waals surface area contributed by atoms with Crippen molar-refractivity contribution in [1.82, 2.24) is 4.90 Å². The molecule has 1 saturated heterocycles. The Morgan fingerprint density at radius 3 is 2.68 bits per heavy atom. The molecule has 1 heterocycles. The summed E-state index contributed by atoms with van der Waals surface area (Å²) in [6.07, 6.45) is 5.70. The Balaban J connectivity index is 1.62. The molecular formula is C20H27NO4. The van der Waals surface area contributed by atoms with Gasteiger partial charge in [-0.3, -0.25) is 4.79 Å². The minimum Gasteiger partial charge on any atom is -0.462 e. The van der Waals surface area contributed by atoms with E-state index in [1.54, 1.807) is 4.90 Å². The molecule has 25 heavy (non-hydrogen) atoms. The summed E-state index contributed by atoms with van der Waals surface area (Å²) in [4.78, 5) is 25.8. The van der Waals surface area contributed by atoms with Gasteiger partial charge in [-0.15, -0.1) is 0 Å². The first-order valence-electron chi connectivity index (χ1n) is 9.22. The van der Waals surface area contributed by atoms with Crippen LogP contribution in [-0.2, 0) is 20.9 Å². The molecule has 2 atom stereocenters. The number of carbonyl (C=O) groups is 2. The Bertz CT molecular complexity index is 599. The summed E-state index contributed by atoms with van der Waals surface area (Å²) in [5.41, 5.74) is 0.881. The lowest BCUT2D eigenvalue weighted by Gasteiger charge is -2.48. The van der Waals surface area contributed by atoms with Gasteiger partial charge in [-0.1, -0.05) is 36.8 Å². The minimum absolute atomic E-state index is 0.0801. The average molecular weight is 345 g/mol. The number of hydrogen-bond acceptors (Lipinski definition) is 4. The van der Waals surface area contributed by atoms with Crippen LogP contribution in [0.1, 0.15) is 51.0 Å². The van der Waals surface area contributed by atoms with E-state index in [1.165, 1.54) is 6.92 Å². The van der Waals surface area contributed by atoms with Crippen LogP contribution < -0.4 is 0 Å². The summed E-state index contributed by atoms with van der Waals surface area (Å²) in [7, 11) is 0. The van der Waals surface area contributed by atoms with E-state index in [0.29, 0.717) is 13.1 Å². The predicted octanol–water partition coefficient (Wildman–Crippen LogP) is 3.91. The van der Waals surface area contributed by atoms with Crippen molar-refractivity contribution in [3.63, 3.8) is 0 Å². The lowest BCUT2D eigenvalue weighted by molar-refractivity contribution is -0.160. The van der Waals surface area contributed by atoms with Crippen molar-refractivity contribution in [3.8, 4) is 0 Å². The van der Waals surface area contributed by atoms with Gasteiger partial charge in [0.15, 0.2) is 0 Å². The molecule has 1 aromatic rings. The molecule has 0 N–H and O–H groups in total. The molecule has 136 valence electrons. The highest BCUT2D eigenvalue weighted by molar-refractivity contribution is 5.68. The first kappa shape index (κ1) is 17.8. The van der Waals surface area contributed by atoms with Gasteiger partial charge in [-0.2, -0.15) is 0 Å². The third kappa shape index (κ3) is 4.33. The van der Waals surface area contributed by atoms with Crippen LogP contribution in [0.2, 0.25) is 0 Å². The number of benzene rings is 1. The van der Waals surface area contributed by atoms with Gasteiger partial charge in [-0.05, 0) is 37.7 Å². The molecule has 2 fully saturated rings. The molecule has 0 radical (unpaired) electrons. The first-order chi connectivity index (χ1) is 12.1. The number of likely N-dealkylation sites (tertiary alicyclic amines) is 1. The van der Waals surface area contributed by atoms with Gasteiger partial charge in [0.2, 0.25) is 0 Å². The molecule has 1 saturated carbocycles. The molecule has 0 bridgehead atoms. The second-order valence-electron chi connectivity index (χ2n) is 7.27. The maximum atomic E-state index is 12.5. The maximum Gasteiger partial charge on any atom is 0.410 e. The molecule has 1 amide bonds. The number of carbonyl (C=O) groups excluding carboxylic acids is 2. The fraction of sp³-hybridized carbons (Fsp3) is 0.600. The summed E-state index contributed by atoms with van der Waals surface area (Å²) in [6, 6.07) is 9.71. The van der Waals surface area contributed by atoms with E-state index < -0.39 is 0 Å². The van der Waals surface area contributed by atoms with Crippen LogP contribution in [0.25, 0.3) is 0 Å². The van der Waals surface area contributed by atoms with Gasteiger partial charge in [0, 0.05) is 25.4 Å². The molecule has 3 rings (SSSR count). The number of nitrogens with zero attached hydrogens (tertiary/aromatic N) is 1. The van der Waals surface area contributed by atoms with Gasteiger partial charge in [0.25, 0.3) is 0 Å². The number of ether oxygens (including phenoxy) is 2. The fourth-order valence-corrected chi connectivity index (χ4v) is 4.25. The van der Waals surface area contributed by atoms with Crippen molar-refractivity contribution >= 4 is 12.1 Å². The normalized spacial score (nSPS) is 26.3. The van der Waals surface area contributed by atoms with Crippen LogP contribution in [-0.4, -0.2) is 36.2 Å². The lowest BCUT2D eigenvalue weighted by Crippen LogP contribution is -2.53. The Labute approximate surface area is 149 Å². The Morgan fingerprint density at radius 1 is 1.16 bits per heavy atom. The SMILES string of the molecule is CC(=O)O[C@H]1CCCC[C@@]12CCCN(C(=O)OCc1ccccc1)C2. The molecule has 0 unspecified atom stereocenters. The van der Waals surface area contributed by atoms with Crippen LogP contribution >= 0.6 is 0 Å². The van der Waals surface area contributed by atoms with E-state index >= 15 is 0 Å². The van der Waals surface area contributed by atoms with Crippen LogP contribution in [0, 0.1) is 5.41 Å². The van der Waals surface area contributed by atoms with Crippen LogP contribution in [0.15, 0.2) is 30.3 Å². The standard InChI is InChI=1S/C20H27NO4/c1-16(22)25-18-10-5-6-11-20(18)12-7-13-21(15-20)19(23)24-14-17-8-3-2-4-9-17/h2-4,8-9,18H,5-7,10-15H2,1H3/t18-,20-/m0/s1. The Kier molecular flexibility index (Phi) is 5.61. The van der Waals surface area contributed by atoms with E-state index in [-0.39, 0.29) is 30.2 Å². The van der Waals surface area contributed by atoms with Crippen molar-refractivity contribution in [3.05, 3.63) is 35.9 Å². The van der Waals surface area contributed by atoms with Crippen LogP contribution in [0.3, 0.4) is 0 Å². The average Bonchev–Trinajstić information content (AvgIpc) is 2.62. The number of esters is 1. The van der Waals surface area contributed by atoms with Crippen molar-refractivity contribution in [2.45, 2.75) is 58.2 Å². The number of piperidine rings is 1. The Morgan fingerprint density at radius 2 is 1.92 bits per heavy atom. The van der Waals surface area contributed by atoms with Gasteiger partial charge in [0.05, 0.1) is 0 Å². The third-order valence-electron chi connectivity index (χ3n) is 5.45. The monoisotopic (exact) mass is 345 g/mol. The van der Waals surface area contributed by atoms with Crippen molar-refractivity contribution in [1.29, 1.82) is 0 Å². The summed E-state index contributed by atoms with van der Waals surface area (Å²) in [5.74, 6) is -0.227. The van der Waals surface area contributed by atoms with E-state index in [0.717, 1.165) is 44.1 Å². The van der Waals surface area contributed by atoms with Crippen molar-refractivity contribution in [2.24, 2.45) is 5.41 Å². The number of hydrogen-bond donors (Lipinski definition) is 0. The number of amides is 1. The zero-order chi connectivity index (χ0) is 17.7. The molecule has 0 aromatic heterocycles. The summed E-state index contributed by atoms with van der Waals surface area (Å²) in [5, 5.41) is 0. The molecular weight excluding hydrogens is 318 g/mol. The molecule has 1 aromatic carbocycles. The second kappa shape index (κ2) is 7.89. The topological polar surface area (TPSA) is 55.8 Å². The van der Waals surface area contributed by atoms with E-state index in [2.05, 4.69) is 0 Å². The molecule has 2 aliphatic rings. The third-order valence-corrected chi connectivity index (χ3v) is 5.45. The van der Waals surface area contributed by atoms with Gasteiger partial charge in [-0.25, -0.2) is 4.79 Å². The van der Waals surface area contributed by atoms with Crippen molar-refractivity contribution < 1.29 is 19.1 Å². The van der Waals surface area contributed by atoms with Gasteiger partial charge in [0.1, 0.15) is 12.7 Å². The maximum absolute atomic E-state index is 12.5. The minimum atomic E-state index is -0.268. The zero-order valence-corrected chi connectivity index (χ0v) is 14.9. The van der Waals surface area contributed by atoms with Crippen LogP contribution in [0.4, 0.5) is 4.79 Å². The lowest BCUT2D eigenvalue weighted by atomic mass is 9.67. The molecule has 1 aliphatic carbocycles. The van der Waals surface area contributed by atoms with Crippen LogP contribution in [0.5, 0.6) is 0 Å². The quantitative estimate of drug-likeness (QED) is 0.779. The zero-order valence-electron chi connectivity index (χ0n) is 14.9. The van der Waals surface area contributed by atoms with Crippen molar-refractivity contribution in [2.75, 3.05) is 13.1 Å². The van der Waals surface area contributed by atoms with E-state index in [4.69, 9.17) is 9.47 Å². The highest BCUT2D eigenvalue weighted by atomic mass is 16.6. The molecule has 1 aliphatic heterocycles. The van der Waals surface area contributed by atoms with Gasteiger partial charge < -0.3 is 14.4 Å². The largest absolute Gasteiger partial charge is 0.462 e. The summed E-state index contributed by atoms with van der Waals surface area (Å²) in [6.45, 7) is 3.09. The second-order valence-corrected chi connectivity index (χ2v) is 7.27. The molecule has 5 nitrogen and oxygen atoms in total. The van der Waals surface area contributed by atoms with E-state index in [1.807, 2.05) is 30.3 Å². The number of rotatable bonds is 3. The summed E-state index contributed by atoms with van der Waals surface area (Å²) >= 11 is 0. The van der Waals surface area contributed by atoms with E-state index in [9.17, 15) is 9.59 Å². The predicted molar refractivity (Wildman–Crippen MR) is 93.9 cm³/mol. The summed E-state index contributed by atoms with van der Waals surface area (Å²) < 4.78 is 11.1.